The summed E-state index contributed by atoms with van der Waals surface area (Å²) < 4.78 is 0. The molecule has 2 N–H and O–H groups in total. The van der Waals surface area contributed by atoms with E-state index in [-0.39, 0.29) is 11.9 Å². The highest BCUT2D eigenvalue weighted by molar-refractivity contribution is 5.81. The van der Waals surface area contributed by atoms with Gasteiger partial charge in [-0.15, -0.1) is 6.58 Å². The maximum atomic E-state index is 11.4. The lowest BCUT2D eigenvalue weighted by Gasteiger charge is -2.17. The summed E-state index contributed by atoms with van der Waals surface area (Å²) in [5.74, 6) is 0.572. The normalized spacial score (nSPS) is 12.6. The fourth-order valence-corrected chi connectivity index (χ4v) is 1.12. The number of carbonyl (C=O) groups excluding carboxylic acids is 1. The summed E-state index contributed by atoms with van der Waals surface area (Å²) in [5.41, 5.74) is 0. The molecule has 0 spiro atoms. The molecule has 1 atom stereocenters. The van der Waals surface area contributed by atoms with Crippen LogP contribution in [-0.4, -0.2) is 25.5 Å². The van der Waals surface area contributed by atoms with Crippen molar-refractivity contribution in [3.63, 3.8) is 0 Å². The van der Waals surface area contributed by atoms with Gasteiger partial charge in [-0.05, 0) is 19.4 Å². The van der Waals surface area contributed by atoms with E-state index in [0.29, 0.717) is 12.5 Å². The van der Waals surface area contributed by atoms with Gasteiger partial charge in [0, 0.05) is 6.54 Å². The molecule has 0 aliphatic heterocycles. The zero-order chi connectivity index (χ0) is 10.3. The van der Waals surface area contributed by atoms with Crippen LogP contribution in [0.1, 0.15) is 20.3 Å². The molecular weight excluding hydrogens is 164 g/mol. The molecule has 0 heterocycles. The Morgan fingerprint density at radius 3 is 2.54 bits per heavy atom. The van der Waals surface area contributed by atoms with Crippen LogP contribution in [0.25, 0.3) is 0 Å². The molecule has 0 aromatic heterocycles. The maximum Gasteiger partial charge on any atom is 0.237 e. The van der Waals surface area contributed by atoms with Crippen molar-refractivity contribution in [2.75, 3.05) is 13.6 Å². The van der Waals surface area contributed by atoms with E-state index in [1.54, 1.807) is 13.1 Å². The highest BCUT2D eigenvalue weighted by Crippen LogP contribution is 2.03. The first-order valence-electron chi connectivity index (χ1n) is 4.67. The van der Waals surface area contributed by atoms with E-state index in [0.717, 1.165) is 6.42 Å². The lowest BCUT2D eigenvalue weighted by Crippen LogP contribution is -2.43. The SMILES string of the molecule is C=CCNC(=O)[C@H](CC(C)C)NC. The van der Waals surface area contributed by atoms with Gasteiger partial charge in [0.15, 0.2) is 0 Å². The molecule has 0 rings (SSSR count). The Kier molecular flexibility index (Phi) is 6.24. The third kappa shape index (κ3) is 5.42. The molecule has 0 unspecified atom stereocenters. The van der Waals surface area contributed by atoms with E-state index in [1.807, 2.05) is 0 Å². The molecular formula is C10H20N2O. The second-order valence-corrected chi connectivity index (χ2v) is 3.50. The summed E-state index contributed by atoms with van der Waals surface area (Å²) in [6.07, 6.45) is 2.54. The zero-order valence-electron chi connectivity index (χ0n) is 8.76. The predicted octanol–water partition coefficient (Wildman–Crippen LogP) is 0.923. The molecule has 76 valence electrons. The van der Waals surface area contributed by atoms with Crippen LogP contribution >= 0.6 is 0 Å². The molecule has 0 saturated heterocycles. The number of rotatable bonds is 6. The largest absolute Gasteiger partial charge is 0.351 e. The smallest absolute Gasteiger partial charge is 0.237 e. The van der Waals surface area contributed by atoms with Gasteiger partial charge in [0.2, 0.25) is 5.91 Å². The summed E-state index contributed by atoms with van der Waals surface area (Å²) in [6, 6.07) is -0.0834. The third-order valence-corrected chi connectivity index (χ3v) is 1.79. The van der Waals surface area contributed by atoms with Gasteiger partial charge < -0.3 is 10.6 Å². The van der Waals surface area contributed by atoms with E-state index in [2.05, 4.69) is 31.1 Å². The molecule has 0 aromatic carbocycles. The Hall–Kier alpha value is -0.830. The van der Waals surface area contributed by atoms with Crippen molar-refractivity contribution >= 4 is 5.91 Å². The van der Waals surface area contributed by atoms with Gasteiger partial charge in [-0.25, -0.2) is 0 Å². The van der Waals surface area contributed by atoms with Gasteiger partial charge in [-0.3, -0.25) is 4.79 Å². The van der Waals surface area contributed by atoms with Gasteiger partial charge in [0.25, 0.3) is 0 Å². The Balaban J connectivity index is 3.91. The third-order valence-electron chi connectivity index (χ3n) is 1.79. The topological polar surface area (TPSA) is 41.1 Å². The van der Waals surface area contributed by atoms with Gasteiger partial charge in [0.1, 0.15) is 0 Å². The first-order chi connectivity index (χ1) is 6.11. The Labute approximate surface area is 80.6 Å². The van der Waals surface area contributed by atoms with Crippen LogP contribution in [0, 0.1) is 5.92 Å². The first kappa shape index (κ1) is 12.2. The molecule has 0 fully saturated rings. The van der Waals surface area contributed by atoms with Gasteiger partial charge in [-0.1, -0.05) is 19.9 Å². The number of carbonyl (C=O) groups is 1. The van der Waals surface area contributed by atoms with E-state index < -0.39 is 0 Å². The number of hydrogen-bond acceptors (Lipinski definition) is 2. The van der Waals surface area contributed by atoms with E-state index in [9.17, 15) is 4.79 Å². The van der Waals surface area contributed by atoms with Crippen LogP contribution in [0.2, 0.25) is 0 Å². The molecule has 13 heavy (non-hydrogen) atoms. The summed E-state index contributed by atoms with van der Waals surface area (Å²) in [7, 11) is 1.81. The van der Waals surface area contributed by atoms with E-state index >= 15 is 0 Å². The summed E-state index contributed by atoms with van der Waals surface area (Å²) in [5, 5.41) is 5.76. The minimum atomic E-state index is -0.0834. The van der Waals surface area contributed by atoms with Crippen molar-refractivity contribution in [1.82, 2.24) is 10.6 Å². The molecule has 0 saturated carbocycles. The Morgan fingerprint density at radius 2 is 2.15 bits per heavy atom. The summed E-state index contributed by atoms with van der Waals surface area (Å²) in [4.78, 5) is 11.4. The van der Waals surface area contributed by atoms with Crippen LogP contribution in [0.4, 0.5) is 0 Å². The molecule has 0 aliphatic rings. The fraction of sp³-hybridized carbons (Fsp3) is 0.700. The monoisotopic (exact) mass is 184 g/mol. The molecule has 0 radical (unpaired) electrons. The van der Waals surface area contributed by atoms with Crippen molar-refractivity contribution < 1.29 is 4.79 Å². The van der Waals surface area contributed by atoms with Crippen molar-refractivity contribution in [2.24, 2.45) is 5.92 Å². The second kappa shape index (κ2) is 6.66. The van der Waals surface area contributed by atoms with Crippen LogP contribution in [0.15, 0.2) is 12.7 Å². The highest BCUT2D eigenvalue weighted by atomic mass is 16.2. The predicted molar refractivity (Wildman–Crippen MR) is 55.5 cm³/mol. The molecule has 0 aromatic rings. The first-order valence-corrected chi connectivity index (χ1v) is 4.67. The molecule has 0 bridgehead atoms. The quantitative estimate of drug-likeness (QED) is 0.603. The van der Waals surface area contributed by atoms with Crippen LogP contribution in [0.5, 0.6) is 0 Å². The number of likely N-dealkylation sites (N-methyl/N-ethyl adjacent to an activating group) is 1. The number of hydrogen-bond donors (Lipinski definition) is 2. The lowest BCUT2D eigenvalue weighted by molar-refractivity contribution is -0.123. The molecule has 1 amide bonds. The summed E-state index contributed by atoms with van der Waals surface area (Å²) >= 11 is 0. The molecule has 3 nitrogen and oxygen atoms in total. The van der Waals surface area contributed by atoms with Crippen molar-refractivity contribution in [1.29, 1.82) is 0 Å². The Morgan fingerprint density at radius 1 is 1.54 bits per heavy atom. The van der Waals surface area contributed by atoms with Crippen LogP contribution in [-0.2, 0) is 4.79 Å². The van der Waals surface area contributed by atoms with Gasteiger partial charge >= 0.3 is 0 Å². The van der Waals surface area contributed by atoms with Gasteiger partial charge in [0.05, 0.1) is 6.04 Å². The standard InChI is InChI=1S/C10H20N2O/c1-5-6-12-10(13)9(11-4)7-8(2)3/h5,8-9,11H,1,6-7H2,2-4H3,(H,12,13)/t9-/m0/s1. The van der Waals surface area contributed by atoms with Gasteiger partial charge in [-0.2, -0.15) is 0 Å². The van der Waals surface area contributed by atoms with Crippen LogP contribution < -0.4 is 10.6 Å². The van der Waals surface area contributed by atoms with Crippen molar-refractivity contribution in [2.45, 2.75) is 26.3 Å². The van der Waals surface area contributed by atoms with E-state index in [4.69, 9.17) is 0 Å². The fourth-order valence-electron chi connectivity index (χ4n) is 1.12. The summed E-state index contributed by atoms with van der Waals surface area (Å²) in [6.45, 7) is 8.29. The highest BCUT2D eigenvalue weighted by Gasteiger charge is 2.16. The second-order valence-electron chi connectivity index (χ2n) is 3.50. The zero-order valence-corrected chi connectivity index (χ0v) is 8.76. The lowest BCUT2D eigenvalue weighted by atomic mass is 10.0. The molecule has 0 aliphatic carbocycles. The Bertz CT molecular complexity index is 166. The maximum absolute atomic E-state index is 11.4. The number of amides is 1. The minimum Gasteiger partial charge on any atom is -0.351 e. The van der Waals surface area contributed by atoms with E-state index in [1.165, 1.54) is 0 Å². The van der Waals surface area contributed by atoms with Crippen molar-refractivity contribution in [3.8, 4) is 0 Å². The van der Waals surface area contributed by atoms with Crippen molar-refractivity contribution in [3.05, 3.63) is 12.7 Å². The average molecular weight is 184 g/mol. The average Bonchev–Trinajstić information content (AvgIpc) is 2.09. The minimum absolute atomic E-state index is 0.0519. The number of nitrogens with one attached hydrogen (secondary N) is 2. The molecule has 3 heteroatoms. The van der Waals surface area contributed by atoms with Crippen LogP contribution in [0.3, 0.4) is 0 Å².